The molecule has 0 aliphatic carbocycles. The lowest BCUT2D eigenvalue weighted by Crippen LogP contribution is -2.23. The molecule has 0 fully saturated rings. The van der Waals surface area contributed by atoms with E-state index in [0.717, 1.165) is 22.3 Å². The van der Waals surface area contributed by atoms with E-state index in [-0.39, 0.29) is 24.1 Å². The predicted octanol–water partition coefficient (Wildman–Crippen LogP) is 5.80. The number of pyridine rings is 2. The Morgan fingerprint density at radius 2 is 1.86 bits per heavy atom. The largest absolute Gasteiger partial charge is 0.394 e. The van der Waals surface area contributed by atoms with Crippen LogP contribution in [0.1, 0.15) is 38.4 Å². The van der Waals surface area contributed by atoms with E-state index in [1.54, 1.807) is 29.3 Å². The molecule has 4 aromatic heterocycles. The topological polar surface area (TPSA) is 136 Å². The van der Waals surface area contributed by atoms with Crippen LogP contribution in [0.5, 0.6) is 0 Å². The van der Waals surface area contributed by atoms with Crippen molar-refractivity contribution in [1.29, 1.82) is 0 Å². The minimum atomic E-state index is -0.401. The normalized spacial score (nSPS) is 12.1. The molecule has 0 aliphatic heterocycles. The van der Waals surface area contributed by atoms with Crippen LogP contribution in [0, 0.1) is 0 Å². The molecule has 2 aromatic carbocycles. The molecule has 6 aromatic rings. The van der Waals surface area contributed by atoms with Gasteiger partial charge in [0.25, 0.3) is 11.4 Å². The quantitative estimate of drug-likeness (QED) is 0.185. The number of nitrogens with zero attached hydrogens (tertiary/aromatic N) is 6. The van der Waals surface area contributed by atoms with Crippen molar-refractivity contribution in [3.63, 3.8) is 0 Å². The first-order valence-corrected chi connectivity index (χ1v) is 14.2. The third-order valence-electron chi connectivity index (χ3n) is 7.22. The van der Waals surface area contributed by atoms with E-state index in [1.807, 2.05) is 72.3 Å². The SMILES string of the molecule is CCn1c(=O)c2ccc(Nc3cc(N[C@H](CO)c4ccccc4)c(-c4nc(-c5cccnc5)no4)cn3)cc2n1C(C)C. The lowest BCUT2D eigenvalue weighted by molar-refractivity contribution is 0.276. The molecule has 0 saturated heterocycles. The maximum atomic E-state index is 13.0. The number of rotatable bonds is 10. The van der Waals surface area contributed by atoms with Crippen molar-refractivity contribution in [1.82, 2.24) is 29.5 Å². The number of hydrogen-bond acceptors (Lipinski definition) is 9. The highest BCUT2D eigenvalue weighted by molar-refractivity contribution is 5.84. The molecule has 0 unspecified atom stereocenters. The summed E-state index contributed by atoms with van der Waals surface area (Å²) in [6, 6.07) is 20.6. The molecule has 0 aliphatic rings. The predicted molar refractivity (Wildman–Crippen MR) is 166 cm³/mol. The molecule has 4 heterocycles. The first kappa shape index (κ1) is 27.9. The second-order valence-corrected chi connectivity index (χ2v) is 10.4. The van der Waals surface area contributed by atoms with Crippen molar-refractivity contribution in [2.45, 2.75) is 39.4 Å². The Morgan fingerprint density at radius 1 is 1.02 bits per heavy atom. The molecule has 0 bridgehead atoms. The molecule has 0 amide bonds. The lowest BCUT2D eigenvalue weighted by atomic mass is 10.1. The van der Waals surface area contributed by atoms with Gasteiger partial charge in [0, 0.05) is 48.5 Å². The van der Waals surface area contributed by atoms with E-state index in [9.17, 15) is 9.90 Å². The molecule has 11 heteroatoms. The van der Waals surface area contributed by atoms with Gasteiger partial charge in [0.05, 0.1) is 34.8 Å². The van der Waals surface area contributed by atoms with Crippen LogP contribution < -0.4 is 16.2 Å². The number of fused-ring (bicyclic) bond motifs is 1. The summed E-state index contributed by atoms with van der Waals surface area (Å²) in [5.41, 5.74) is 4.47. The lowest BCUT2D eigenvalue weighted by Gasteiger charge is -2.20. The van der Waals surface area contributed by atoms with Gasteiger partial charge < -0.3 is 20.3 Å². The monoisotopic (exact) mass is 576 g/mol. The molecule has 218 valence electrons. The highest BCUT2D eigenvalue weighted by Gasteiger charge is 2.20. The van der Waals surface area contributed by atoms with Gasteiger partial charge in [0.2, 0.25) is 5.82 Å². The molecule has 11 nitrogen and oxygen atoms in total. The zero-order valence-electron chi connectivity index (χ0n) is 24.1. The van der Waals surface area contributed by atoms with Crippen molar-refractivity contribution in [2.75, 3.05) is 17.2 Å². The van der Waals surface area contributed by atoms with Gasteiger partial charge in [-0.2, -0.15) is 4.98 Å². The molecule has 6 rings (SSSR count). The minimum Gasteiger partial charge on any atom is -0.394 e. The number of aromatic nitrogens is 6. The number of aliphatic hydroxyl groups is 1. The van der Waals surface area contributed by atoms with Gasteiger partial charge in [0.1, 0.15) is 5.82 Å². The zero-order chi connectivity index (χ0) is 29.9. The van der Waals surface area contributed by atoms with E-state index < -0.39 is 6.04 Å². The van der Waals surface area contributed by atoms with Gasteiger partial charge in [-0.3, -0.25) is 14.5 Å². The summed E-state index contributed by atoms with van der Waals surface area (Å²) in [6.45, 7) is 6.53. The first-order valence-electron chi connectivity index (χ1n) is 14.2. The van der Waals surface area contributed by atoms with E-state index in [2.05, 4.69) is 44.6 Å². The highest BCUT2D eigenvalue weighted by atomic mass is 16.5. The van der Waals surface area contributed by atoms with Gasteiger partial charge in [0.15, 0.2) is 0 Å². The molecular weight excluding hydrogens is 544 g/mol. The second kappa shape index (κ2) is 11.9. The van der Waals surface area contributed by atoms with Crippen molar-refractivity contribution >= 4 is 28.1 Å². The highest BCUT2D eigenvalue weighted by Crippen LogP contribution is 2.33. The Bertz CT molecular complexity index is 1910. The number of anilines is 3. The fraction of sp³-hybridized carbons (Fsp3) is 0.219. The Labute approximate surface area is 247 Å². The number of hydrogen-bond donors (Lipinski definition) is 3. The van der Waals surface area contributed by atoms with Crippen LogP contribution in [0.15, 0.2) is 94.6 Å². The fourth-order valence-corrected chi connectivity index (χ4v) is 5.21. The number of nitrogens with one attached hydrogen (secondary N) is 2. The zero-order valence-corrected chi connectivity index (χ0v) is 24.1. The van der Waals surface area contributed by atoms with Gasteiger partial charge in [-0.1, -0.05) is 35.5 Å². The van der Waals surface area contributed by atoms with Crippen molar-refractivity contribution in [2.24, 2.45) is 0 Å². The van der Waals surface area contributed by atoms with E-state index in [0.29, 0.717) is 34.8 Å². The molecule has 1 atom stereocenters. The van der Waals surface area contributed by atoms with Crippen LogP contribution in [0.4, 0.5) is 17.2 Å². The molecule has 43 heavy (non-hydrogen) atoms. The van der Waals surface area contributed by atoms with Crippen LogP contribution >= 0.6 is 0 Å². The summed E-state index contributed by atoms with van der Waals surface area (Å²) in [6.07, 6.45) is 5.00. The van der Waals surface area contributed by atoms with Crippen molar-refractivity contribution in [3.8, 4) is 22.8 Å². The smallest absolute Gasteiger partial charge is 0.274 e. The van der Waals surface area contributed by atoms with E-state index in [4.69, 9.17) is 4.52 Å². The second-order valence-electron chi connectivity index (χ2n) is 10.4. The minimum absolute atomic E-state index is 0.00659. The maximum absolute atomic E-state index is 13.0. The standard InChI is InChI=1S/C32H32N8O3/c1-4-39-32(42)24-13-12-23(15-28(24)40(39)20(2)3)35-29-16-26(36-27(19-41)21-9-6-5-7-10-21)25(18-34-29)31-37-30(38-43-31)22-11-8-14-33-17-22/h5-18,20,27,41H,4,19H2,1-3H3,(H2,34,35,36)/t27-/m1/s1. The summed E-state index contributed by atoms with van der Waals surface area (Å²) >= 11 is 0. The van der Waals surface area contributed by atoms with Crippen LogP contribution in [-0.2, 0) is 6.54 Å². The van der Waals surface area contributed by atoms with Gasteiger partial charge >= 0.3 is 0 Å². The average Bonchev–Trinajstić information content (AvgIpc) is 3.63. The van der Waals surface area contributed by atoms with Gasteiger partial charge in [-0.15, -0.1) is 0 Å². The summed E-state index contributed by atoms with van der Waals surface area (Å²) in [4.78, 5) is 26.3. The van der Waals surface area contributed by atoms with Crippen molar-refractivity contribution in [3.05, 3.63) is 101 Å². The van der Waals surface area contributed by atoms with Crippen LogP contribution in [0.2, 0.25) is 0 Å². The van der Waals surface area contributed by atoms with Crippen LogP contribution in [0.25, 0.3) is 33.7 Å². The number of aliphatic hydroxyl groups excluding tert-OH is 1. The van der Waals surface area contributed by atoms with Crippen LogP contribution in [-0.4, -0.2) is 41.2 Å². The Hall–Kier alpha value is -5.29. The molecule has 3 N–H and O–H groups in total. The van der Waals surface area contributed by atoms with Crippen molar-refractivity contribution < 1.29 is 9.63 Å². The van der Waals surface area contributed by atoms with E-state index >= 15 is 0 Å². The summed E-state index contributed by atoms with van der Waals surface area (Å²) in [5.74, 6) is 1.23. The number of benzene rings is 2. The molecule has 0 spiro atoms. The Balaban J connectivity index is 1.39. The van der Waals surface area contributed by atoms with E-state index in [1.165, 1.54) is 0 Å². The summed E-state index contributed by atoms with van der Waals surface area (Å²) in [5, 5.41) is 21.9. The third-order valence-corrected chi connectivity index (χ3v) is 7.22. The fourth-order valence-electron chi connectivity index (χ4n) is 5.21. The van der Waals surface area contributed by atoms with Gasteiger partial charge in [-0.25, -0.2) is 9.67 Å². The molecule has 0 radical (unpaired) electrons. The summed E-state index contributed by atoms with van der Waals surface area (Å²) in [7, 11) is 0. The summed E-state index contributed by atoms with van der Waals surface area (Å²) < 4.78 is 9.43. The third kappa shape index (κ3) is 5.50. The Morgan fingerprint density at radius 3 is 2.58 bits per heavy atom. The van der Waals surface area contributed by atoms with Gasteiger partial charge in [-0.05, 0) is 56.7 Å². The first-order chi connectivity index (χ1) is 21.0. The maximum Gasteiger partial charge on any atom is 0.274 e. The average molecular weight is 577 g/mol. The van der Waals surface area contributed by atoms with Crippen LogP contribution in [0.3, 0.4) is 0 Å². The molecule has 0 saturated carbocycles. The Kier molecular flexibility index (Phi) is 7.71. The molecular formula is C32H32N8O3.